The van der Waals surface area contributed by atoms with E-state index in [1.807, 2.05) is 68.9 Å². The van der Waals surface area contributed by atoms with Crippen molar-refractivity contribution in [3.63, 3.8) is 0 Å². The summed E-state index contributed by atoms with van der Waals surface area (Å²) in [4.78, 5) is 12.3. The van der Waals surface area contributed by atoms with Crippen LogP contribution in [0.1, 0.15) is 84.7 Å². The van der Waals surface area contributed by atoms with Crippen LogP contribution in [-0.2, 0) is 28.1 Å². The summed E-state index contributed by atoms with van der Waals surface area (Å²) in [6, 6.07) is 16.0. The van der Waals surface area contributed by atoms with Crippen LogP contribution in [0.25, 0.3) is 33.6 Å². The molecule has 0 bridgehead atoms. The lowest BCUT2D eigenvalue weighted by Crippen LogP contribution is -2.51. The van der Waals surface area contributed by atoms with Gasteiger partial charge in [-0.2, -0.15) is 5.10 Å². The van der Waals surface area contributed by atoms with Gasteiger partial charge in [-0.1, -0.05) is 52.3 Å². The Morgan fingerprint density at radius 1 is 1.04 bits per heavy atom. The Labute approximate surface area is 296 Å². The zero-order valence-corrected chi connectivity index (χ0v) is 32.7. The Bertz CT molecular complexity index is 1810. The molecule has 0 saturated carbocycles. The van der Waals surface area contributed by atoms with Gasteiger partial charge in [-0.3, -0.25) is 0 Å². The second-order valence-electron chi connectivity index (χ2n) is 15.8. The number of benzene rings is 1. The molecule has 11 heteroatoms. The largest absolute Gasteiger partial charge is 0.598 e. The normalized spacial score (nSPS) is 16.9. The van der Waals surface area contributed by atoms with E-state index in [2.05, 4.69) is 68.7 Å². The molecule has 2 N–H and O–H groups in total. The Hall–Kier alpha value is -2.90. The van der Waals surface area contributed by atoms with Crippen LogP contribution in [0.2, 0.25) is 18.1 Å². The first-order valence-electron chi connectivity index (χ1n) is 17.3. The van der Waals surface area contributed by atoms with Crippen molar-refractivity contribution in [1.82, 2.24) is 29.4 Å². The molecule has 0 radical (unpaired) electrons. The molecule has 0 fully saturated rings. The molecule has 1 aliphatic heterocycles. The first-order valence-corrected chi connectivity index (χ1v) is 21.4. The lowest BCUT2D eigenvalue weighted by molar-refractivity contribution is 0.0101. The molecule has 1 aromatic carbocycles. The fourth-order valence-corrected chi connectivity index (χ4v) is 7.36. The molecule has 264 valence electrons. The molecule has 0 aliphatic carbocycles. The van der Waals surface area contributed by atoms with Crippen molar-refractivity contribution < 1.29 is 14.1 Å². The van der Waals surface area contributed by atoms with Gasteiger partial charge < -0.3 is 19.0 Å². The highest BCUT2D eigenvalue weighted by atomic mass is 32.2. The first kappa shape index (κ1) is 37.4. The number of nitrogens with zero attached hydrogens (tertiary/aromatic N) is 5. The second kappa shape index (κ2) is 14.4. The lowest BCUT2D eigenvalue weighted by atomic mass is 9.93. The van der Waals surface area contributed by atoms with Crippen LogP contribution in [0.5, 0.6) is 0 Å². The van der Waals surface area contributed by atoms with E-state index in [0.29, 0.717) is 30.8 Å². The molecule has 0 amide bonds. The van der Waals surface area contributed by atoms with Gasteiger partial charge in [0.05, 0.1) is 35.4 Å². The number of aliphatic hydroxyl groups is 1. The summed E-state index contributed by atoms with van der Waals surface area (Å²) >= 11 is -1.50. The fraction of sp³-hybridized carbons (Fsp3) is 0.500. The standard InChI is InChI=1S/C38H54N6O3SSi/c1-11-20-38(45,42-48(46)36(2,3)4)34-16-13-15-32(41-34)28-23-30(27-18-21-43(8)22-19-27)31-25-39-44(33(31)24-28)35-17-12-14-29(40-35)26-47-49(9,10)37(5,6)7/h12-18,23-25,42,45H,11,19-22,26H2,1-10H3/t38-,48+/m0/s1. The maximum atomic E-state index is 13.2. The molecule has 0 unspecified atom stereocenters. The predicted octanol–water partition coefficient (Wildman–Crippen LogP) is 7.72. The fourth-order valence-electron chi connectivity index (χ4n) is 5.60. The third-order valence-corrected chi connectivity index (χ3v) is 15.9. The Balaban J connectivity index is 1.60. The summed E-state index contributed by atoms with van der Waals surface area (Å²) in [5.41, 5.74) is 4.68. The molecule has 49 heavy (non-hydrogen) atoms. The first-order chi connectivity index (χ1) is 22.9. The van der Waals surface area contributed by atoms with Crippen molar-refractivity contribution in [2.75, 3.05) is 20.1 Å². The third-order valence-electron chi connectivity index (χ3n) is 9.74. The van der Waals surface area contributed by atoms with E-state index in [-0.39, 0.29) is 5.04 Å². The summed E-state index contributed by atoms with van der Waals surface area (Å²) in [6.45, 7) is 21.2. The van der Waals surface area contributed by atoms with Gasteiger partial charge in [0.1, 0.15) is 4.75 Å². The van der Waals surface area contributed by atoms with E-state index in [9.17, 15) is 9.66 Å². The van der Waals surface area contributed by atoms with Crippen LogP contribution in [0.15, 0.2) is 60.8 Å². The summed E-state index contributed by atoms with van der Waals surface area (Å²) < 4.78 is 24.0. The topological polar surface area (TPSA) is 111 Å². The van der Waals surface area contributed by atoms with Gasteiger partial charge in [0.15, 0.2) is 19.9 Å². The van der Waals surface area contributed by atoms with E-state index < -0.39 is 30.2 Å². The van der Waals surface area contributed by atoms with E-state index >= 15 is 0 Å². The minimum Gasteiger partial charge on any atom is -0.598 e. The molecule has 4 heterocycles. The number of fused-ring (bicyclic) bond motifs is 1. The van der Waals surface area contributed by atoms with Gasteiger partial charge >= 0.3 is 0 Å². The molecule has 2 atom stereocenters. The predicted molar refractivity (Wildman–Crippen MR) is 204 cm³/mol. The lowest BCUT2D eigenvalue weighted by Gasteiger charge is -2.36. The molecule has 0 saturated heterocycles. The van der Waals surface area contributed by atoms with Crippen molar-refractivity contribution in [3.05, 3.63) is 77.8 Å². The molecule has 9 nitrogen and oxygen atoms in total. The van der Waals surface area contributed by atoms with Gasteiger partial charge in [-0.05, 0) is 106 Å². The number of nitrogens with one attached hydrogen (secondary N) is 1. The zero-order chi connectivity index (χ0) is 35.8. The Kier molecular flexibility index (Phi) is 11.0. The Morgan fingerprint density at radius 2 is 1.78 bits per heavy atom. The minimum atomic E-state index is -1.95. The van der Waals surface area contributed by atoms with E-state index in [1.165, 1.54) is 5.57 Å². The van der Waals surface area contributed by atoms with Crippen LogP contribution in [0.3, 0.4) is 0 Å². The molecular weight excluding hydrogens is 649 g/mol. The maximum Gasteiger partial charge on any atom is 0.200 e. The smallest absolute Gasteiger partial charge is 0.200 e. The molecule has 3 aromatic heterocycles. The van der Waals surface area contributed by atoms with Gasteiger partial charge in [-0.15, -0.1) is 4.72 Å². The van der Waals surface area contributed by atoms with Crippen molar-refractivity contribution in [2.45, 2.75) is 103 Å². The van der Waals surface area contributed by atoms with Crippen LogP contribution >= 0.6 is 0 Å². The van der Waals surface area contributed by atoms with Crippen molar-refractivity contribution >= 4 is 36.2 Å². The molecule has 4 aromatic rings. The quantitative estimate of drug-likeness (QED) is 0.0929. The van der Waals surface area contributed by atoms with Gasteiger partial charge in [-0.25, -0.2) is 14.6 Å². The highest BCUT2D eigenvalue weighted by molar-refractivity contribution is 7.90. The number of hydrogen-bond donors (Lipinski definition) is 2. The van der Waals surface area contributed by atoms with E-state index in [1.54, 1.807) is 6.07 Å². The highest BCUT2D eigenvalue weighted by Crippen LogP contribution is 2.38. The molecule has 0 spiro atoms. The second-order valence-corrected chi connectivity index (χ2v) is 22.6. The van der Waals surface area contributed by atoms with Crippen molar-refractivity contribution in [3.8, 4) is 17.1 Å². The maximum absolute atomic E-state index is 13.2. The molecular formula is C38H54N6O3SSi. The molecule has 1 aliphatic rings. The number of pyridine rings is 2. The average molecular weight is 703 g/mol. The van der Waals surface area contributed by atoms with Crippen LogP contribution in [0, 0.1) is 0 Å². The number of aromatic nitrogens is 4. The zero-order valence-electron chi connectivity index (χ0n) is 30.9. The van der Waals surface area contributed by atoms with Crippen LogP contribution in [-0.4, -0.2) is 67.5 Å². The van der Waals surface area contributed by atoms with Crippen molar-refractivity contribution in [1.29, 1.82) is 0 Å². The minimum absolute atomic E-state index is 0.107. The number of likely N-dealkylation sites (N-methyl/N-ethyl adjacent to an activating group) is 1. The SMILES string of the molecule is CCC[C@@](O)(N[S@+]([O-])C(C)(C)C)c1cccc(-c2cc(C3=CCN(C)CC3)c3cnn(-c4cccc(CO[Si](C)(C)C(C)(C)C)n4)c3c2)n1. The van der Waals surface area contributed by atoms with Crippen molar-refractivity contribution in [2.24, 2.45) is 0 Å². The number of rotatable bonds is 11. The van der Waals surface area contributed by atoms with Gasteiger partial charge in [0.2, 0.25) is 0 Å². The highest BCUT2D eigenvalue weighted by Gasteiger charge is 2.40. The third kappa shape index (κ3) is 8.36. The monoisotopic (exact) mass is 702 g/mol. The van der Waals surface area contributed by atoms with E-state index in [0.717, 1.165) is 53.1 Å². The summed E-state index contributed by atoms with van der Waals surface area (Å²) in [5, 5.41) is 17.9. The number of hydrogen-bond acceptors (Lipinski definition) is 8. The van der Waals surface area contributed by atoms with Gasteiger partial charge in [0, 0.05) is 35.4 Å². The summed E-state index contributed by atoms with van der Waals surface area (Å²) in [5.74, 6) is 0.722. The summed E-state index contributed by atoms with van der Waals surface area (Å²) in [7, 11) is 0.185. The van der Waals surface area contributed by atoms with Gasteiger partial charge in [0.25, 0.3) is 0 Å². The Morgan fingerprint density at radius 3 is 2.43 bits per heavy atom. The van der Waals surface area contributed by atoms with E-state index in [4.69, 9.17) is 19.5 Å². The molecule has 5 rings (SSSR count). The van der Waals surface area contributed by atoms with Crippen LogP contribution in [0.4, 0.5) is 0 Å². The summed E-state index contributed by atoms with van der Waals surface area (Å²) in [6.07, 6.45) is 6.20. The van der Waals surface area contributed by atoms with Crippen LogP contribution < -0.4 is 4.72 Å². The average Bonchev–Trinajstić information content (AvgIpc) is 3.47.